The first kappa shape index (κ1) is 29.1. The van der Waals surface area contributed by atoms with E-state index in [4.69, 9.17) is 5.11 Å². The van der Waals surface area contributed by atoms with Gasteiger partial charge in [-0.2, -0.15) is 0 Å². The molecule has 0 fully saturated rings. The zero-order valence-corrected chi connectivity index (χ0v) is 20.1. The molecule has 0 unspecified atom stereocenters. The number of aliphatic hydroxyl groups excluding tert-OH is 1. The van der Waals surface area contributed by atoms with Gasteiger partial charge in [0.2, 0.25) is 0 Å². The molecule has 27 heavy (non-hydrogen) atoms. The molecular weight excluding hydrogens is 330 g/mol. The molecule has 0 spiro atoms. The van der Waals surface area contributed by atoms with Gasteiger partial charge in [-0.3, -0.25) is 4.90 Å². The van der Waals surface area contributed by atoms with Gasteiger partial charge in [-0.1, -0.05) is 111 Å². The minimum absolute atomic E-state index is 0.274. The fraction of sp³-hybridized carbons (Fsp3) is 1.00. The molecule has 2 heteroatoms. The normalized spacial score (nSPS) is 11.3. The third-order valence-electron chi connectivity index (χ3n) is 5.32. The smallest absolute Gasteiger partial charge is 0.0558 e. The van der Waals surface area contributed by atoms with E-state index in [9.17, 15) is 0 Å². The van der Waals surface area contributed by atoms with E-state index in [0.717, 1.165) is 19.0 Å². The van der Waals surface area contributed by atoms with E-state index in [2.05, 4.69) is 46.4 Å². The quantitative estimate of drug-likeness (QED) is 0.243. The average Bonchev–Trinajstić information content (AvgIpc) is 2.63. The standard InChI is InChI=1S/C15H32.C10H23NO/c1-3-5-7-9-11-13-15-14-12-10-8-6-4-2;1-9(2)5-6-11(7-8-12)10(3)4/h3-15H2,1-2H3;9-10,12H,5-8H2,1-4H3. The zero-order valence-electron chi connectivity index (χ0n) is 20.1. The van der Waals surface area contributed by atoms with Gasteiger partial charge in [0.1, 0.15) is 0 Å². The molecule has 0 aliphatic heterocycles. The largest absolute Gasteiger partial charge is 0.395 e. The molecule has 0 heterocycles. The second-order valence-electron chi connectivity index (χ2n) is 8.92. The fourth-order valence-electron chi connectivity index (χ4n) is 3.27. The number of aliphatic hydroxyl groups is 1. The summed E-state index contributed by atoms with van der Waals surface area (Å²) in [6.45, 7) is 15.6. The summed E-state index contributed by atoms with van der Waals surface area (Å²) in [5.41, 5.74) is 0. The van der Waals surface area contributed by atoms with Gasteiger partial charge in [-0.05, 0) is 32.7 Å². The molecule has 0 saturated heterocycles. The Kier molecular flexibility index (Phi) is 25.8. The Balaban J connectivity index is 0. The first-order valence-corrected chi connectivity index (χ1v) is 12.3. The van der Waals surface area contributed by atoms with Crippen LogP contribution in [0.1, 0.15) is 131 Å². The summed E-state index contributed by atoms with van der Waals surface area (Å²) >= 11 is 0. The van der Waals surface area contributed by atoms with Gasteiger partial charge < -0.3 is 5.11 Å². The van der Waals surface area contributed by atoms with Crippen molar-refractivity contribution in [2.24, 2.45) is 5.92 Å². The second kappa shape index (κ2) is 24.0. The minimum atomic E-state index is 0.274. The van der Waals surface area contributed by atoms with E-state index in [1.54, 1.807) is 0 Å². The number of unbranched alkanes of at least 4 members (excludes halogenated alkanes) is 12. The molecule has 1 N–H and O–H groups in total. The molecule has 0 bridgehead atoms. The maximum atomic E-state index is 8.81. The van der Waals surface area contributed by atoms with Gasteiger partial charge in [-0.15, -0.1) is 0 Å². The van der Waals surface area contributed by atoms with Crippen molar-refractivity contribution in [1.29, 1.82) is 0 Å². The molecular formula is C25H55NO. The monoisotopic (exact) mass is 385 g/mol. The third kappa shape index (κ3) is 25.9. The Morgan fingerprint density at radius 1 is 0.593 bits per heavy atom. The van der Waals surface area contributed by atoms with Crippen LogP contribution in [-0.2, 0) is 0 Å². The molecule has 0 amide bonds. The highest BCUT2D eigenvalue weighted by atomic mass is 16.3. The third-order valence-corrected chi connectivity index (χ3v) is 5.32. The van der Waals surface area contributed by atoms with Gasteiger partial charge in [-0.25, -0.2) is 0 Å². The first-order valence-electron chi connectivity index (χ1n) is 12.3. The summed E-state index contributed by atoms with van der Waals surface area (Å²) in [4.78, 5) is 2.32. The lowest BCUT2D eigenvalue weighted by molar-refractivity contribution is 0.159. The van der Waals surface area contributed by atoms with Crippen molar-refractivity contribution in [2.45, 2.75) is 137 Å². The van der Waals surface area contributed by atoms with E-state index < -0.39 is 0 Å². The van der Waals surface area contributed by atoms with Gasteiger partial charge in [0, 0.05) is 12.6 Å². The van der Waals surface area contributed by atoms with Crippen LogP contribution in [-0.4, -0.2) is 35.7 Å². The van der Waals surface area contributed by atoms with Crippen LogP contribution in [0.15, 0.2) is 0 Å². The molecule has 0 atom stereocenters. The lowest BCUT2D eigenvalue weighted by atomic mass is 10.1. The summed E-state index contributed by atoms with van der Waals surface area (Å²) in [5, 5.41) is 8.81. The van der Waals surface area contributed by atoms with Crippen molar-refractivity contribution in [3.8, 4) is 0 Å². The molecule has 2 nitrogen and oxygen atoms in total. The highest BCUT2D eigenvalue weighted by molar-refractivity contribution is 4.63. The summed E-state index contributed by atoms with van der Waals surface area (Å²) in [5.74, 6) is 0.755. The van der Waals surface area contributed by atoms with Crippen molar-refractivity contribution in [1.82, 2.24) is 4.90 Å². The highest BCUT2D eigenvalue weighted by Gasteiger charge is 2.08. The van der Waals surface area contributed by atoms with Crippen LogP contribution in [0, 0.1) is 5.92 Å². The van der Waals surface area contributed by atoms with Gasteiger partial charge in [0.25, 0.3) is 0 Å². The summed E-state index contributed by atoms with van der Waals surface area (Å²) in [6.07, 6.45) is 20.1. The van der Waals surface area contributed by atoms with Crippen molar-refractivity contribution in [2.75, 3.05) is 19.7 Å². The fourth-order valence-corrected chi connectivity index (χ4v) is 3.27. The minimum Gasteiger partial charge on any atom is -0.395 e. The summed E-state index contributed by atoms with van der Waals surface area (Å²) in [6, 6.07) is 0.552. The van der Waals surface area contributed by atoms with Crippen molar-refractivity contribution < 1.29 is 5.11 Å². The van der Waals surface area contributed by atoms with Crippen LogP contribution in [0.4, 0.5) is 0 Å². The molecule has 0 aliphatic rings. The number of nitrogens with zero attached hydrogens (tertiary/aromatic N) is 1. The van der Waals surface area contributed by atoms with Gasteiger partial charge in [0.05, 0.1) is 6.61 Å². The van der Waals surface area contributed by atoms with Crippen LogP contribution < -0.4 is 0 Å². The highest BCUT2D eigenvalue weighted by Crippen LogP contribution is 2.12. The Morgan fingerprint density at radius 3 is 1.22 bits per heavy atom. The predicted octanol–water partition coefficient (Wildman–Crippen LogP) is 7.83. The molecule has 0 aliphatic carbocycles. The van der Waals surface area contributed by atoms with Crippen LogP contribution in [0.3, 0.4) is 0 Å². The molecule has 0 aromatic carbocycles. The number of hydrogen-bond acceptors (Lipinski definition) is 2. The SMILES string of the molecule is CC(C)CCN(CCO)C(C)C.CCCCCCCCCCCCCCC. The molecule has 0 radical (unpaired) electrons. The van der Waals surface area contributed by atoms with Crippen molar-refractivity contribution >= 4 is 0 Å². The van der Waals surface area contributed by atoms with E-state index >= 15 is 0 Å². The number of rotatable bonds is 18. The predicted molar refractivity (Wildman–Crippen MR) is 125 cm³/mol. The number of hydrogen-bond donors (Lipinski definition) is 1. The van der Waals surface area contributed by atoms with Crippen molar-refractivity contribution in [3.63, 3.8) is 0 Å². The Morgan fingerprint density at radius 2 is 0.963 bits per heavy atom. The van der Waals surface area contributed by atoms with Gasteiger partial charge in [0.15, 0.2) is 0 Å². The first-order chi connectivity index (χ1) is 13.0. The van der Waals surface area contributed by atoms with E-state index in [1.807, 2.05) is 0 Å². The maximum absolute atomic E-state index is 8.81. The topological polar surface area (TPSA) is 23.5 Å². The Labute approximate surface area is 173 Å². The van der Waals surface area contributed by atoms with Crippen LogP contribution in [0.5, 0.6) is 0 Å². The van der Waals surface area contributed by atoms with Crippen LogP contribution in [0.2, 0.25) is 0 Å². The Bertz CT molecular complexity index is 241. The molecule has 0 aromatic heterocycles. The maximum Gasteiger partial charge on any atom is 0.0558 e. The lowest BCUT2D eigenvalue weighted by Crippen LogP contribution is -2.34. The summed E-state index contributed by atoms with van der Waals surface area (Å²) < 4.78 is 0. The van der Waals surface area contributed by atoms with Crippen LogP contribution >= 0.6 is 0 Å². The van der Waals surface area contributed by atoms with E-state index in [-0.39, 0.29) is 6.61 Å². The van der Waals surface area contributed by atoms with Gasteiger partial charge >= 0.3 is 0 Å². The zero-order chi connectivity index (χ0) is 20.8. The second-order valence-corrected chi connectivity index (χ2v) is 8.92. The summed E-state index contributed by atoms with van der Waals surface area (Å²) in [7, 11) is 0. The van der Waals surface area contributed by atoms with E-state index in [0.29, 0.717) is 6.04 Å². The molecule has 0 saturated carbocycles. The molecule has 0 aromatic rings. The van der Waals surface area contributed by atoms with E-state index in [1.165, 1.54) is 89.9 Å². The Hall–Kier alpha value is -0.0800. The molecule has 0 rings (SSSR count). The average molecular weight is 386 g/mol. The van der Waals surface area contributed by atoms with Crippen LogP contribution in [0.25, 0.3) is 0 Å². The van der Waals surface area contributed by atoms with Crippen molar-refractivity contribution in [3.05, 3.63) is 0 Å². The lowest BCUT2D eigenvalue weighted by Gasteiger charge is -2.26. The molecule has 166 valence electrons.